The molecule has 4 rings (SSSR count). The topological polar surface area (TPSA) is 83.0 Å². The number of hydrogen-bond acceptors (Lipinski definition) is 6. The predicted molar refractivity (Wildman–Crippen MR) is 112 cm³/mol. The zero-order valence-electron chi connectivity index (χ0n) is 16.2. The molecule has 7 nitrogen and oxygen atoms in total. The molecule has 3 aromatic rings. The van der Waals surface area contributed by atoms with Gasteiger partial charge in [-0.1, -0.05) is 24.3 Å². The quantitative estimate of drug-likeness (QED) is 0.675. The van der Waals surface area contributed by atoms with Crippen LogP contribution < -0.4 is 10.6 Å². The van der Waals surface area contributed by atoms with Crippen LogP contribution in [0.3, 0.4) is 0 Å². The van der Waals surface area contributed by atoms with Crippen LogP contribution >= 0.6 is 0 Å². The third-order valence-corrected chi connectivity index (χ3v) is 4.98. The molecule has 1 fully saturated rings. The minimum absolute atomic E-state index is 0.126. The van der Waals surface area contributed by atoms with Crippen LogP contribution in [0.2, 0.25) is 0 Å². The van der Waals surface area contributed by atoms with E-state index in [1.807, 2.05) is 54.7 Å². The number of benzene rings is 1. The SMILES string of the molecule is O=C(NC1CCN(Cc2ccccn2)CC1)c1cnc(Nc2ccccc2)nc1. The number of anilines is 2. The van der Waals surface area contributed by atoms with Gasteiger partial charge in [0.15, 0.2) is 0 Å². The minimum atomic E-state index is -0.126. The summed E-state index contributed by atoms with van der Waals surface area (Å²) in [5.74, 6) is 0.343. The fourth-order valence-electron chi connectivity index (χ4n) is 3.39. The fourth-order valence-corrected chi connectivity index (χ4v) is 3.39. The number of para-hydroxylation sites is 1. The molecule has 7 heteroatoms. The van der Waals surface area contributed by atoms with E-state index in [1.165, 1.54) is 0 Å². The van der Waals surface area contributed by atoms with Gasteiger partial charge in [-0.25, -0.2) is 9.97 Å². The first-order valence-corrected chi connectivity index (χ1v) is 9.83. The molecule has 1 aromatic carbocycles. The van der Waals surface area contributed by atoms with E-state index in [2.05, 4.69) is 30.5 Å². The Labute approximate surface area is 170 Å². The zero-order chi connectivity index (χ0) is 19.9. The van der Waals surface area contributed by atoms with Gasteiger partial charge in [0.1, 0.15) is 0 Å². The van der Waals surface area contributed by atoms with Gasteiger partial charge in [-0.15, -0.1) is 0 Å². The van der Waals surface area contributed by atoms with Crippen LogP contribution in [0.25, 0.3) is 0 Å². The van der Waals surface area contributed by atoms with E-state index in [0.29, 0.717) is 11.5 Å². The van der Waals surface area contributed by atoms with E-state index >= 15 is 0 Å². The standard InChI is InChI=1S/C22H24N6O/c29-21(17-14-24-22(25-15-17)27-18-6-2-1-3-7-18)26-19-9-12-28(13-10-19)16-20-8-4-5-11-23-20/h1-8,11,14-15,19H,9-10,12-13,16H2,(H,26,29)(H,24,25,27). The van der Waals surface area contributed by atoms with Crippen LogP contribution in [0.5, 0.6) is 0 Å². The fraction of sp³-hybridized carbons (Fsp3) is 0.273. The average molecular weight is 388 g/mol. The molecule has 1 saturated heterocycles. The first-order chi connectivity index (χ1) is 14.3. The molecule has 29 heavy (non-hydrogen) atoms. The summed E-state index contributed by atoms with van der Waals surface area (Å²) in [6.45, 7) is 2.74. The van der Waals surface area contributed by atoms with Gasteiger partial charge in [0.05, 0.1) is 11.3 Å². The van der Waals surface area contributed by atoms with Crippen molar-refractivity contribution in [2.45, 2.75) is 25.4 Å². The number of rotatable bonds is 6. The molecule has 1 aliphatic rings. The number of piperidine rings is 1. The molecule has 2 aromatic heterocycles. The van der Waals surface area contributed by atoms with Gasteiger partial charge in [-0.05, 0) is 37.1 Å². The van der Waals surface area contributed by atoms with Crippen LogP contribution in [0.1, 0.15) is 28.9 Å². The molecule has 0 saturated carbocycles. The van der Waals surface area contributed by atoms with Gasteiger partial charge in [-0.2, -0.15) is 0 Å². The normalized spacial score (nSPS) is 15.0. The number of nitrogens with one attached hydrogen (secondary N) is 2. The molecular weight excluding hydrogens is 364 g/mol. The minimum Gasteiger partial charge on any atom is -0.349 e. The summed E-state index contributed by atoms with van der Waals surface area (Å²) < 4.78 is 0. The Bertz CT molecular complexity index is 909. The maximum atomic E-state index is 12.5. The highest BCUT2D eigenvalue weighted by Crippen LogP contribution is 2.14. The lowest BCUT2D eigenvalue weighted by molar-refractivity contribution is 0.0908. The lowest BCUT2D eigenvalue weighted by Crippen LogP contribution is -2.44. The number of likely N-dealkylation sites (tertiary alicyclic amines) is 1. The molecule has 3 heterocycles. The second kappa shape index (κ2) is 9.25. The van der Waals surface area contributed by atoms with E-state index in [-0.39, 0.29) is 11.9 Å². The smallest absolute Gasteiger partial charge is 0.254 e. The Morgan fingerprint density at radius 3 is 2.38 bits per heavy atom. The number of aromatic nitrogens is 3. The number of hydrogen-bond donors (Lipinski definition) is 2. The second-order valence-electron chi connectivity index (χ2n) is 7.13. The number of carbonyl (C=O) groups is 1. The summed E-state index contributed by atoms with van der Waals surface area (Å²) >= 11 is 0. The predicted octanol–water partition coefficient (Wildman–Crippen LogP) is 3.01. The number of pyridine rings is 1. The molecule has 148 valence electrons. The van der Waals surface area contributed by atoms with E-state index in [1.54, 1.807) is 12.4 Å². The van der Waals surface area contributed by atoms with Gasteiger partial charge < -0.3 is 10.6 Å². The third-order valence-electron chi connectivity index (χ3n) is 4.98. The summed E-state index contributed by atoms with van der Waals surface area (Å²) in [6, 6.07) is 15.8. The molecule has 1 aliphatic heterocycles. The van der Waals surface area contributed by atoms with Gasteiger partial charge in [-0.3, -0.25) is 14.7 Å². The van der Waals surface area contributed by atoms with Gasteiger partial charge in [0.2, 0.25) is 5.95 Å². The molecular formula is C22H24N6O. The monoisotopic (exact) mass is 388 g/mol. The highest BCUT2D eigenvalue weighted by atomic mass is 16.1. The van der Waals surface area contributed by atoms with Crippen molar-refractivity contribution in [2.24, 2.45) is 0 Å². The molecule has 0 atom stereocenters. The first-order valence-electron chi connectivity index (χ1n) is 9.83. The summed E-state index contributed by atoms with van der Waals surface area (Å²) in [7, 11) is 0. The van der Waals surface area contributed by atoms with Crippen molar-refractivity contribution in [3.8, 4) is 0 Å². The van der Waals surface area contributed by atoms with E-state index < -0.39 is 0 Å². The van der Waals surface area contributed by atoms with E-state index in [0.717, 1.165) is 43.9 Å². The molecule has 0 unspecified atom stereocenters. The Morgan fingerprint density at radius 1 is 0.966 bits per heavy atom. The van der Waals surface area contributed by atoms with Crippen molar-refractivity contribution >= 4 is 17.5 Å². The van der Waals surface area contributed by atoms with E-state index in [9.17, 15) is 4.79 Å². The third kappa shape index (κ3) is 5.36. The van der Waals surface area contributed by atoms with Gasteiger partial charge >= 0.3 is 0 Å². The van der Waals surface area contributed by atoms with Crippen molar-refractivity contribution in [2.75, 3.05) is 18.4 Å². The average Bonchev–Trinajstić information content (AvgIpc) is 2.77. The Morgan fingerprint density at radius 2 is 1.69 bits per heavy atom. The number of amides is 1. The molecule has 2 N–H and O–H groups in total. The number of carbonyl (C=O) groups excluding carboxylic acids is 1. The van der Waals surface area contributed by atoms with Gasteiger partial charge in [0, 0.05) is 50.0 Å². The summed E-state index contributed by atoms with van der Waals surface area (Å²) in [5, 5.41) is 6.22. The lowest BCUT2D eigenvalue weighted by Gasteiger charge is -2.32. The molecule has 0 radical (unpaired) electrons. The second-order valence-corrected chi connectivity index (χ2v) is 7.13. The molecule has 0 spiro atoms. The Balaban J connectivity index is 1.25. The van der Waals surface area contributed by atoms with E-state index in [4.69, 9.17) is 0 Å². The van der Waals surface area contributed by atoms with Crippen LogP contribution in [0.4, 0.5) is 11.6 Å². The van der Waals surface area contributed by atoms with Crippen molar-refractivity contribution in [3.05, 3.63) is 78.4 Å². The van der Waals surface area contributed by atoms with Crippen molar-refractivity contribution in [1.82, 2.24) is 25.2 Å². The molecule has 0 bridgehead atoms. The van der Waals surface area contributed by atoms with Crippen molar-refractivity contribution in [3.63, 3.8) is 0 Å². The van der Waals surface area contributed by atoms with Crippen molar-refractivity contribution in [1.29, 1.82) is 0 Å². The molecule has 1 amide bonds. The summed E-state index contributed by atoms with van der Waals surface area (Å²) in [4.78, 5) is 27.8. The van der Waals surface area contributed by atoms with Crippen molar-refractivity contribution < 1.29 is 4.79 Å². The van der Waals surface area contributed by atoms with Crippen LogP contribution in [-0.2, 0) is 6.54 Å². The maximum absolute atomic E-state index is 12.5. The lowest BCUT2D eigenvalue weighted by atomic mass is 10.0. The van der Waals surface area contributed by atoms with Crippen LogP contribution in [-0.4, -0.2) is 44.9 Å². The highest BCUT2D eigenvalue weighted by molar-refractivity contribution is 5.93. The molecule has 0 aliphatic carbocycles. The number of nitrogens with zero attached hydrogens (tertiary/aromatic N) is 4. The first kappa shape index (κ1) is 19.0. The largest absolute Gasteiger partial charge is 0.349 e. The van der Waals surface area contributed by atoms with Crippen LogP contribution in [0.15, 0.2) is 67.1 Å². The Kier molecular flexibility index (Phi) is 6.07. The van der Waals surface area contributed by atoms with Crippen LogP contribution in [0, 0.1) is 0 Å². The summed E-state index contributed by atoms with van der Waals surface area (Å²) in [5.41, 5.74) is 2.46. The Hall–Kier alpha value is -3.32. The summed E-state index contributed by atoms with van der Waals surface area (Å²) in [6.07, 6.45) is 6.79. The highest BCUT2D eigenvalue weighted by Gasteiger charge is 2.21. The zero-order valence-corrected chi connectivity index (χ0v) is 16.2. The van der Waals surface area contributed by atoms with Gasteiger partial charge in [0.25, 0.3) is 5.91 Å². The maximum Gasteiger partial charge on any atom is 0.254 e.